The lowest BCUT2D eigenvalue weighted by atomic mass is 9.94. The number of nitrogens with one attached hydrogen (secondary N) is 1. The molecular formula is C14H30N2O2S. The molecule has 1 heterocycles. The Balaban J connectivity index is 2.36. The fraction of sp³-hybridized carbons (Fsp3) is 1.00. The predicted molar refractivity (Wildman–Crippen MR) is 80.7 cm³/mol. The maximum absolute atomic E-state index is 12.2. The van der Waals surface area contributed by atoms with Crippen LogP contribution in [0, 0.1) is 5.41 Å². The van der Waals surface area contributed by atoms with Gasteiger partial charge in [-0.2, -0.15) is 0 Å². The molecule has 0 aliphatic carbocycles. The smallest absolute Gasteiger partial charge is 0.213 e. The van der Waals surface area contributed by atoms with Gasteiger partial charge in [0.15, 0.2) is 0 Å². The maximum atomic E-state index is 12.2. The highest BCUT2D eigenvalue weighted by atomic mass is 32.2. The zero-order chi connectivity index (χ0) is 14.5. The summed E-state index contributed by atoms with van der Waals surface area (Å²) in [5.74, 6) is 0.255. The quantitative estimate of drug-likeness (QED) is 0.816. The minimum Gasteiger partial charge on any atom is -0.314 e. The summed E-state index contributed by atoms with van der Waals surface area (Å²) in [6.07, 6.45) is 5.32. The van der Waals surface area contributed by atoms with E-state index in [9.17, 15) is 8.42 Å². The summed E-state index contributed by atoms with van der Waals surface area (Å²) in [7, 11) is -1.38. The van der Waals surface area contributed by atoms with E-state index >= 15 is 0 Å². The highest BCUT2D eigenvalue weighted by Gasteiger charge is 2.22. The van der Waals surface area contributed by atoms with Crippen molar-refractivity contribution >= 4 is 10.0 Å². The summed E-state index contributed by atoms with van der Waals surface area (Å²) >= 11 is 0. The first-order valence-corrected chi connectivity index (χ1v) is 8.99. The van der Waals surface area contributed by atoms with Crippen molar-refractivity contribution in [3.05, 3.63) is 0 Å². The number of hydrogen-bond donors (Lipinski definition) is 1. The molecule has 1 aliphatic rings. The molecule has 0 aromatic heterocycles. The van der Waals surface area contributed by atoms with E-state index in [0.29, 0.717) is 19.0 Å². The third-order valence-electron chi connectivity index (χ3n) is 3.79. The number of nitrogens with zero attached hydrogens (tertiary/aromatic N) is 1. The van der Waals surface area contributed by atoms with Crippen LogP contribution in [0.4, 0.5) is 0 Å². The highest BCUT2D eigenvalue weighted by molar-refractivity contribution is 7.89. The molecule has 0 spiro atoms. The fourth-order valence-electron chi connectivity index (χ4n) is 2.24. The predicted octanol–water partition coefficient (Wildman–Crippen LogP) is 2.22. The Morgan fingerprint density at radius 1 is 1.26 bits per heavy atom. The molecule has 114 valence electrons. The molecule has 1 aliphatic heterocycles. The van der Waals surface area contributed by atoms with Crippen LogP contribution < -0.4 is 5.32 Å². The van der Waals surface area contributed by atoms with Crippen molar-refractivity contribution in [2.24, 2.45) is 5.41 Å². The van der Waals surface area contributed by atoms with E-state index in [-0.39, 0.29) is 11.2 Å². The largest absolute Gasteiger partial charge is 0.314 e. The van der Waals surface area contributed by atoms with Gasteiger partial charge >= 0.3 is 0 Å². The normalized spacial score (nSPS) is 21.8. The Bertz CT molecular complexity index is 354. The first-order chi connectivity index (χ1) is 8.71. The molecule has 0 aromatic rings. The topological polar surface area (TPSA) is 49.4 Å². The lowest BCUT2D eigenvalue weighted by molar-refractivity contribution is 0.348. The molecule has 0 bridgehead atoms. The van der Waals surface area contributed by atoms with Gasteiger partial charge in [-0.05, 0) is 37.6 Å². The van der Waals surface area contributed by atoms with Gasteiger partial charge in [0.2, 0.25) is 10.0 Å². The van der Waals surface area contributed by atoms with E-state index in [0.717, 1.165) is 13.0 Å². The zero-order valence-corrected chi connectivity index (χ0v) is 13.7. The van der Waals surface area contributed by atoms with Crippen molar-refractivity contribution in [3.63, 3.8) is 0 Å². The molecule has 0 amide bonds. The average Bonchev–Trinajstić information content (AvgIpc) is 2.34. The monoisotopic (exact) mass is 290 g/mol. The second-order valence-electron chi connectivity index (χ2n) is 6.88. The number of piperidine rings is 1. The van der Waals surface area contributed by atoms with E-state index in [4.69, 9.17) is 0 Å². The molecule has 0 aromatic carbocycles. The number of rotatable bonds is 6. The van der Waals surface area contributed by atoms with Crippen molar-refractivity contribution in [2.75, 3.05) is 25.9 Å². The van der Waals surface area contributed by atoms with Crippen molar-refractivity contribution < 1.29 is 8.42 Å². The second kappa shape index (κ2) is 7.04. The Morgan fingerprint density at radius 2 is 1.95 bits per heavy atom. The van der Waals surface area contributed by atoms with Gasteiger partial charge in [0.1, 0.15) is 0 Å². The summed E-state index contributed by atoms with van der Waals surface area (Å²) in [6, 6.07) is 0.494. The molecule has 5 heteroatoms. The van der Waals surface area contributed by atoms with Crippen LogP contribution in [0.3, 0.4) is 0 Å². The standard InChI is InChI=1S/C14H30N2O2S/c1-14(2,3)9-12-19(17,18)16(4)11-8-13-7-5-6-10-15-13/h13,15H,5-12H2,1-4H3. The summed E-state index contributed by atoms with van der Waals surface area (Å²) < 4.78 is 25.8. The summed E-state index contributed by atoms with van der Waals surface area (Å²) in [5.41, 5.74) is 0.0683. The number of sulfonamides is 1. The Morgan fingerprint density at radius 3 is 2.47 bits per heavy atom. The van der Waals surface area contributed by atoms with Gasteiger partial charge in [-0.15, -0.1) is 0 Å². The van der Waals surface area contributed by atoms with Crippen LogP contribution in [-0.2, 0) is 10.0 Å². The van der Waals surface area contributed by atoms with E-state index < -0.39 is 10.0 Å². The number of hydrogen-bond acceptors (Lipinski definition) is 3. The van der Waals surface area contributed by atoms with Gasteiger partial charge < -0.3 is 5.32 Å². The van der Waals surface area contributed by atoms with Crippen molar-refractivity contribution in [3.8, 4) is 0 Å². The molecule has 1 atom stereocenters. The minimum atomic E-state index is -3.09. The first kappa shape index (κ1) is 16.9. The van der Waals surface area contributed by atoms with Gasteiger partial charge in [0.05, 0.1) is 5.75 Å². The third-order valence-corrected chi connectivity index (χ3v) is 5.64. The SMILES string of the molecule is CN(CCC1CCCCN1)S(=O)(=O)CCC(C)(C)C. The van der Waals surface area contributed by atoms with E-state index in [2.05, 4.69) is 26.1 Å². The van der Waals surface area contributed by atoms with E-state index in [1.807, 2.05) is 0 Å². The van der Waals surface area contributed by atoms with Crippen LogP contribution in [0.2, 0.25) is 0 Å². The molecule has 1 saturated heterocycles. The third kappa shape index (κ3) is 6.72. The van der Waals surface area contributed by atoms with E-state index in [1.165, 1.54) is 23.6 Å². The maximum Gasteiger partial charge on any atom is 0.213 e. The van der Waals surface area contributed by atoms with Gasteiger partial charge in [-0.25, -0.2) is 12.7 Å². The van der Waals surface area contributed by atoms with Crippen molar-refractivity contribution in [2.45, 2.75) is 58.9 Å². The van der Waals surface area contributed by atoms with Crippen LogP contribution in [0.5, 0.6) is 0 Å². The fourth-order valence-corrected chi connectivity index (χ4v) is 3.80. The summed E-state index contributed by atoms with van der Waals surface area (Å²) in [6.45, 7) is 7.94. The minimum absolute atomic E-state index is 0.0683. The lowest BCUT2D eigenvalue weighted by Crippen LogP contribution is -2.38. The van der Waals surface area contributed by atoms with Gasteiger partial charge in [-0.1, -0.05) is 27.2 Å². The van der Waals surface area contributed by atoms with Crippen LogP contribution in [0.1, 0.15) is 52.9 Å². The molecule has 1 N–H and O–H groups in total. The van der Waals surface area contributed by atoms with Crippen LogP contribution in [0.25, 0.3) is 0 Å². The average molecular weight is 290 g/mol. The lowest BCUT2D eigenvalue weighted by Gasteiger charge is -2.26. The Labute approximate surface area is 119 Å². The summed E-state index contributed by atoms with van der Waals surface area (Å²) in [5, 5.41) is 3.46. The van der Waals surface area contributed by atoms with Crippen molar-refractivity contribution in [1.29, 1.82) is 0 Å². The molecule has 1 rings (SSSR count). The Kier molecular flexibility index (Phi) is 6.27. The van der Waals surface area contributed by atoms with Gasteiger partial charge in [0, 0.05) is 19.6 Å². The van der Waals surface area contributed by atoms with Gasteiger partial charge in [-0.3, -0.25) is 0 Å². The molecule has 1 fully saturated rings. The highest BCUT2D eigenvalue weighted by Crippen LogP contribution is 2.20. The molecular weight excluding hydrogens is 260 g/mol. The van der Waals surface area contributed by atoms with Crippen LogP contribution in [0.15, 0.2) is 0 Å². The molecule has 1 unspecified atom stereocenters. The van der Waals surface area contributed by atoms with E-state index in [1.54, 1.807) is 7.05 Å². The second-order valence-corrected chi connectivity index (χ2v) is 9.08. The van der Waals surface area contributed by atoms with Gasteiger partial charge in [0.25, 0.3) is 0 Å². The van der Waals surface area contributed by atoms with Crippen LogP contribution in [-0.4, -0.2) is 44.7 Å². The van der Waals surface area contributed by atoms with Crippen LogP contribution >= 0.6 is 0 Å². The van der Waals surface area contributed by atoms with Crippen molar-refractivity contribution in [1.82, 2.24) is 9.62 Å². The summed E-state index contributed by atoms with van der Waals surface area (Å²) in [4.78, 5) is 0. The molecule has 0 saturated carbocycles. The Hall–Kier alpha value is -0.130. The molecule has 0 radical (unpaired) electrons. The zero-order valence-electron chi connectivity index (χ0n) is 12.9. The molecule has 4 nitrogen and oxygen atoms in total. The first-order valence-electron chi connectivity index (χ1n) is 7.38. The molecule has 19 heavy (non-hydrogen) atoms.